The number of hydrogen-bond acceptors (Lipinski definition) is 4. The van der Waals surface area contributed by atoms with Gasteiger partial charge in [0.1, 0.15) is 11.9 Å². The lowest BCUT2D eigenvalue weighted by Gasteiger charge is -2.16. The van der Waals surface area contributed by atoms with E-state index in [-0.39, 0.29) is 5.89 Å². The van der Waals surface area contributed by atoms with Gasteiger partial charge in [0.05, 0.1) is 0 Å². The number of carbonyl (C=O) groups excluding carboxylic acids is 1. The van der Waals surface area contributed by atoms with Crippen LogP contribution >= 0.6 is 11.6 Å². The third-order valence-electron chi connectivity index (χ3n) is 4.62. The molecule has 2 N–H and O–H groups in total. The second kappa shape index (κ2) is 8.97. The molecule has 8 heteroatoms. The van der Waals surface area contributed by atoms with Gasteiger partial charge in [-0.25, -0.2) is 9.18 Å². The van der Waals surface area contributed by atoms with E-state index in [0.29, 0.717) is 27.7 Å². The normalized spacial score (nSPS) is 11.7. The first-order chi connectivity index (χ1) is 15.0. The molecule has 6 nitrogen and oxygen atoms in total. The van der Waals surface area contributed by atoms with Gasteiger partial charge in [0.15, 0.2) is 0 Å². The maximum absolute atomic E-state index is 13.8. The molecule has 31 heavy (non-hydrogen) atoms. The molecule has 0 bridgehead atoms. The van der Waals surface area contributed by atoms with Gasteiger partial charge in [0.2, 0.25) is 11.8 Å². The van der Waals surface area contributed by atoms with Crippen LogP contribution in [0.4, 0.5) is 14.9 Å². The molecule has 0 unspecified atom stereocenters. The third-order valence-corrected chi connectivity index (χ3v) is 4.87. The third kappa shape index (κ3) is 4.90. The van der Waals surface area contributed by atoms with Crippen LogP contribution in [0.5, 0.6) is 0 Å². The van der Waals surface area contributed by atoms with Crippen LogP contribution in [0.15, 0.2) is 77.2 Å². The quantitative estimate of drug-likeness (QED) is 0.417. The van der Waals surface area contributed by atoms with Gasteiger partial charge >= 0.3 is 6.03 Å². The van der Waals surface area contributed by atoms with Crippen LogP contribution < -0.4 is 10.6 Å². The van der Waals surface area contributed by atoms with Gasteiger partial charge in [-0.15, -0.1) is 10.2 Å². The summed E-state index contributed by atoms with van der Waals surface area (Å²) in [5.74, 6) is 0.110. The van der Waals surface area contributed by atoms with Gasteiger partial charge in [0.25, 0.3) is 0 Å². The zero-order valence-electron chi connectivity index (χ0n) is 16.5. The molecule has 3 aromatic carbocycles. The van der Waals surface area contributed by atoms with E-state index < -0.39 is 17.9 Å². The van der Waals surface area contributed by atoms with E-state index in [1.165, 1.54) is 6.07 Å². The van der Waals surface area contributed by atoms with Crippen LogP contribution in [0.1, 0.15) is 23.1 Å². The van der Waals surface area contributed by atoms with Crippen LogP contribution in [-0.2, 0) is 0 Å². The summed E-state index contributed by atoms with van der Waals surface area (Å²) in [5.41, 5.74) is 2.28. The minimum absolute atomic E-state index is 0.210. The molecule has 1 aromatic heterocycles. The van der Waals surface area contributed by atoms with E-state index in [0.717, 1.165) is 5.56 Å². The van der Waals surface area contributed by atoms with Crippen molar-refractivity contribution >= 4 is 23.3 Å². The first kappa shape index (κ1) is 20.6. The molecule has 2 amide bonds. The topological polar surface area (TPSA) is 80.0 Å². The fourth-order valence-corrected chi connectivity index (χ4v) is 3.09. The molecule has 0 fully saturated rings. The van der Waals surface area contributed by atoms with Crippen LogP contribution in [0.3, 0.4) is 0 Å². The number of aromatic nitrogens is 2. The summed E-state index contributed by atoms with van der Waals surface area (Å²) < 4.78 is 19.6. The summed E-state index contributed by atoms with van der Waals surface area (Å²) in [7, 11) is 0. The largest absolute Gasteiger partial charge is 0.418 e. The molecular weight excluding hydrogens is 419 g/mol. The summed E-state index contributed by atoms with van der Waals surface area (Å²) in [6.45, 7) is 1.65. The highest BCUT2D eigenvalue weighted by molar-refractivity contribution is 6.30. The average molecular weight is 437 g/mol. The summed E-state index contributed by atoms with van der Waals surface area (Å²) in [6, 6.07) is 19.4. The lowest BCUT2D eigenvalue weighted by molar-refractivity contribution is 0.248. The van der Waals surface area contributed by atoms with E-state index in [1.54, 1.807) is 43.3 Å². The molecule has 0 radical (unpaired) electrons. The Bertz CT molecular complexity index is 1200. The summed E-state index contributed by atoms with van der Waals surface area (Å²) in [5, 5.41) is 14.3. The van der Waals surface area contributed by atoms with Crippen molar-refractivity contribution in [1.82, 2.24) is 15.5 Å². The average Bonchev–Trinajstić information content (AvgIpc) is 3.26. The van der Waals surface area contributed by atoms with E-state index in [4.69, 9.17) is 16.0 Å². The molecule has 0 aliphatic carbocycles. The van der Waals surface area contributed by atoms with Crippen molar-refractivity contribution in [3.63, 3.8) is 0 Å². The number of aryl methyl sites for hydroxylation is 1. The second-order valence-corrected chi connectivity index (χ2v) is 7.29. The number of urea groups is 1. The maximum atomic E-state index is 13.8. The fourth-order valence-electron chi connectivity index (χ4n) is 2.96. The number of anilines is 1. The Kier molecular flexibility index (Phi) is 5.95. The number of hydrogen-bond donors (Lipinski definition) is 2. The molecule has 0 aliphatic rings. The van der Waals surface area contributed by atoms with Crippen molar-refractivity contribution in [2.45, 2.75) is 13.0 Å². The zero-order chi connectivity index (χ0) is 21.8. The number of nitrogens with one attached hydrogen (secondary N) is 2. The predicted molar refractivity (Wildman–Crippen MR) is 116 cm³/mol. The second-order valence-electron chi connectivity index (χ2n) is 6.86. The van der Waals surface area contributed by atoms with Crippen molar-refractivity contribution in [1.29, 1.82) is 0 Å². The Morgan fingerprint density at radius 3 is 2.48 bits per heavy atom. The molecule has 0 spiro atoms. The Morgan fingerprint density at radius 1 is 1.03 bits per heavy atom. The number of benzene rings is 3. The Balaban J connectivity index is 1.59. The lowest BCUT2D eigenvalue weighted by atomic mass is 10.1. The van der Waals surface area contributed by atoms with Crippen LogP contribution in [-0.4, -0.2) is 16.2 Å². The summed E-state index contributed by atoms with van der Waals surface area (Å²) in [6.07, 6.45) is 0. The highest BCUT2D eigenvalue weighted by Crippen LogP contribution is 2.26. The minimum atomic E-state index is -0.704. The molecule has 4 aromatic rings. The van der Waals surface area contributed by atoms with Crippen molar-refractivity contribution in [3.05, 3.63) is 101 Å². The molecule has 0 saturated heterocycles. The smallest absolute Gasteiger partial charge is 0.320 e. The summed E-state index contributed by atoms with van der Waals surface area (Å²) in [4.78, 5) is 12.6. The summed E-state index contributed by atoms with van der Waals surface area (Å²) >= 11 is 5.93. The zero-order valence-corrected chi connectivity index (χ0v) is 17.2. The number of amides is 2. The van der Waals surface area contributed by atoms with Gasteiger partial charge < -0.3 is 15.1 Å². The standard InChI is InChI=1S/C23H18ClFN4O2/c1-14-7-12-18(13-19(14)25)26-23(30)27-20(15-5-3-2-4-6-15)22-29-28-21(31-22)16-8-10-17(24)11-9-16/h2-13,20H,1H3,(H2,26,27,30)/t20-/m0/s1. The number of nitrogens with zero attached hydrogens (tertiary/aromatic N) is 2. The monoisotopic (exact) mass is 436 g/mol. The number of carbonyl (C=O) groups is 1. The molecule has 0 saturated carbocycles. The van der Waals surface area contributed by atoms with Crippen molar-refractivity contribution in [3.8, 4) is 11.5 Å². The molecular formula is C23H18ClFN4O2. The number of rotatable bonds is 5. The molecule has 0 aliphatic heterocycles. The first-order valence-electron chi connectivity index (χ1n) is 9.47. The van der Waals surface area contributed by atoms with Crippen LogP contribution in [0.2, 0.25) is 5.02 Å². The maximum Gasteiger partial charge on any atom is 0.320 e. The van der Waals surface area contributed by atoms with Crippen molar-refractivity contribution in [2.24, 2.45) is 0 Å². The minimum Gasteiger partial charge on any atom is -0.418 e. The predicted octanol–water partition coefficient (Wildman–Crippen LogP) is 5.75. The van der Waals surface area contributed by atoms with Gasteiger partial charge in [-0.05, 0) is 54.4 Å². The first-order valence-corrected chi connectivity index (χ1v) is 9.85. The molecule has 4 rings (SSSR count). The molecule has 1 atom stereocenters. The Hall–Kier alpha value is -3.71. The van der Waals surface area contributed by atoms with Gasteiger partial charge in [-0.1, -0.05) is 48.0 Å². The van der Waals surface area contributed by atoms with Gasteiger partial charge in [0, 0.05) is 16.3 Å². The van der Waals surface area contributed by atoms with Crippen molar-refractivity contribution in [2.75, 3.05) is 5.32 Å². The van der Waals surface area contributed by atoms with E-state index in [2.05, 4.69) is 20.8 Å². The van der Waals surface area contributed by atoms with Gasteiger partial charge in [-0.2, -0.15) is 0 Å². The SMILES string of the molecule is Cc1ccc(NC(=O)N[C@@H](c2ccccc2)c2nnc(-c3ccc(Cl)cc3)o2)cc1F. The van der Waals surface area contributed by atoms with Gasteiger partial charge in [-0.3, -0.25) is 0 Å². The molecule has 1 heterocycles. The lowest BCUT2D eigenvalue weighted by Crippen LogP contribution is -2.33. The Labute approximate surface area is 183 Å². The van der Waals surface area contributed by atoms with Crippen LogP contribution in [0.25, 0.3) is 11.5 Å². The fraction of sp³-hybridized carbons (Fsp3) is 0.0870. The van der Waals surface area contributed by atoms with E-state index in [1.807, 2.05) is 30.3 Å². The van der Waals surface area contributed by atoms with Crippen LogP contribution in [0, 0.1) is 12.7 Å². The Morgan fingerprint density at radius 2 is 1.77 bits per heavy atom. The van der Waals surface area contributed by atoms with E-state index >= 15 is 0 Å². The highest BCUT2D eigenvalue weighted by atomic mass is 35.5. The molecule has 156 valence electrons. The number of halogens is 2. The highest BCUT2D eigenvalue weighted by Gasteiger charge is 2.23. The van der Waals surface area contributed by atoms with E-state index in [9.17, 15) is 9.18 Å². The van der Waals surface area contributed by atoms with Crippen molar-refractivity contribution < 1.29 is 13.6 Å².